The van der Waals surface area contributed by atoms with Gasteiger partial charge in [0, 0.05) is 4.88 Å². The fraction of sp³-hybridized carbons (Fsp3) is 0.333. The van der Waals surface area contributed by atoms with Gasteiger partial charge in [0.15, 0.2) is 6.04 Å². The van der Waals surface area contributed by atoms with Gasteiger partial charge >= 0.3 is 12.0 Å². The SMILES string of the molecule is O=C(NCc1ccc(Cl)s1)N[C@H](CO)C(=O)O. The molecule has 1 rings (SSSR count). The number of aliphatic hydroxyl groups excluding tert-OH is 1. The van der Waals surface area contributed by atoms with Gasteiger partial charge in [-0.3, -0.25) is 0 Å². The zero-order valence-corrected chi connectivity index (χ0v) is 10.2. The molecule has 0 aromatic carbocycles. The van der Waals surface area contributed by atoms with Crippen molar-refractivity contribution in [3.8, 4) is 0 Å². The smallest absolute Gasteiger partial charge is 0.328 e. The van der Waals surface area contributed by atoms with Crippen molar-refractivity contribution in [2.24, 2.45) is 0 Å². The minimum atomic E-state index is -1.30. The third-order valence-electron chi connectivity index (χ3n) is 1.84. The molecular weight excluding hydrogens is 268 g/mol. The summed E-state index contributed by atoms with van der Waals surface area (Å²) in [7, 11) is 0. The molecule has 0 spiro atoms. The first-order valence-electron chi connectivity index (χ1n) is 4.65. The van der Waals surface area contributed by atoms with Gasteiger partial charge in [0.25, 0.3) is 0 Å². The monoisotopic (exact) mass is 278 g/mol. The Balaban J connectivity index is 2.37. The Morgan fingerprint density at radius 3 is 2.65 bits per heavy atom. The lowest BCUT2D eigenvalue weighted by Crippen LogP contribution is -2.47. The lowest BCUT2D eigenvalue weighted by molar-refractivity contribution is -0.140. The molecule has 0 aliphatic heterocycles. The standard InChI is InChI=1S/C9H11ClN2O4S/c10-7-2-1-5(17-7)3-11-9(16)12-6(4-13)8(14)15/h1-2,6,13H,3-4H2,(H,14,15)(H2,11,12,16)/t6-/m1/s1. The molecule has 8 heteroatoms. The van der Waals surface area contributed by atoms with Crippen LogP contribution in [0.1, 0.15) is 4.88 Å². The largest absolute Gasteiger partial charge is 0.480 e. The molecule has 0 saturated heterocycles. The van der Waals surface area contributed by atoms with Crippen LogP contribution in [0, 0.1) is 0 Å². The average molecular weight is 279 g/mol. The third-order valence-corrected chi connectivity index (χ3v) is 3.07. The second-order valence-corrected chi connectivity index (χ2v) is 4.91. The summed E-state index contributed by atoms with van der Waals surface area (Å²) in [5.74, 6) is -1.29. The van der Waals surface area contributed by atoms with Gasteiger partial charge in [-0.05, 0) is 12.1 Å². The Morgan fingerprint density at radius 2 is 2.18 bits per heavy atom. The number of carbonyl (C=O) groups is 2. The molecule has 1 heterocycles. The highest BCUT2D eigenvalue weighted by Crippen LogP contribution is 2.20. The second-order valence-electron chi connectivity index (χ2n) is 3.11. The van der Waals surface area contributed by atoms with Crippen LogP contribution in [-0.4, -0.2) is 34.9 Å². The molecule has 0 fully saturated rings. The quantitative estimate of drug-likeness (QED) is 0.635. The highest BCUT2D eigenvalue weighted by molar-refractivity contribution is 7.16. The molecule has 0 radical (unpaired) electrons. The van der Waals surface area contributed by atoms with Crippen LogP contribution < -0.4 is 10.6 Å². The molecular formula is C9H11ClN2O4S. The molecule has 0 bridgehead atoms. The number of rotatable bonds is 5. The van der Waals surface area contributed by atoms with Crippen LogP contribution in [0.2, 0.25) is 4.34 Å². The topological polar surface area (TPSA) is 98.7 Å². The number of carboxylic acid groups (broad SMARTS) is 1. The summed E-state index contributed by atoms with van der Waals surface area (Å²) >= 11 is 7.02. The van der Waals surface area contributed by atoms with Gasteiger partial charge in [-0.2, -0.15) is 0 Å². The first kappa shape index (κ1) is 13.8. The zero-order chi connectivity index (χ0) is 12.8. The van der Waals surface area contributed by atoms with Gasteiger partial charge in [0.2, 0.25) is 0 Å². The van der Waals surface area contributed by atoms with Gasteiger partial charge in [0.05, 0.1) is 17.5 Å². The minimum absolute atomic E-state index is 0.251. The molecule has 0 aliphatic carbocycles. The van der Waals surface area contributed by atoms with Crippen LogP contribution in [-0.2, 0) is 11.3 Å². The first-order valence-corrected chi connectivity index (χ1v) is 5.84. The van der Waals surface area contributed by atoms with E-state index in [1.54, 1.807) is 12.1 Å². The summed E-state index contributed by atoms with van der Waals surface area (Å²) in [5.41, 5.74) is 0. The third kappa shape index (κ3) is 4.59. The van der Waals surface area contributed by atoms with Crippen molar-refractivity contribution in [2.75, 3.05) is 6.61 Å². The lowest BCUT2D eigenvalue weighted by atomic mass is 10.3. The van der Waals surface area contributed by atoms with Gasteiger partial charge in [-0.15, -0.1) is 11.3 Å². The van der Waals surface area contributed by atoms with Crippen LogP contribution in [0.4, 0.5) is 4.79 Å². The fourth-order valence-electron chi connectivity index (χ4n) is 1.01. The maximum Gasteiger partial charge on any atom is 0.328 e. The lowest BCUT2D eigenvalue weighted by Gasteiger charge is -2.11. The van der Waals surface area contributed by atoms with Gasteiger partial charge in [-0.1, -0.05) is 11.6 Å². The number of halogens is 1. The van der Waals surface area contributed by atoms with Crippen molar-refractivity contribution in [2.45, 2.75) is 12.6 Å². The molecule has 17 heavy (non-hydrogen) atoms. The van der Waals surface area contributed by atoms with E-state index >= 15 is 0 Å². The summed E-state index contributed by atoms with van der Waals surface area (Å²) in [5, 5.41) is 21.9. The van der Waals surface area contributed by atoms with Crippen LogP contribution in [0.15, 0.2) is 12.1 Å². The number of amides is 2. The number of aliphatic carboxylic acids is 1. The minimum Gasteiger partial charge on any atom is -0.480 e. The Morgan fingerprint density at radius 1 is 1.47 bits per heavy atom. The molecule has 4 N–H and O–H groups in total. The Hall–Kier alpha value is -1.31. The number of nitrogens with one attached hydrogen (secondary N) is 2. The number of carboxylic acids is 1. The highest BCUT2D eigenvalue weighted by atomic mass is 35.5. The van der Waals surface area contributed by atoms with Gasteiger partial charge < -0.3 is 20.8 Å². The normalized spacial score (nSPS) is 11.9. The van der Waals surface area contributed by atoms with E-state index in [2.05, 4.69) is 10.6 Å². The molecule has 94 valence electrons. The van der Waals surface area contributed by atoms with Crippen molar-refractivity contribution in [1.82, 2.24) is 10.6 Å². The maximum absolute atomic E-state index is 11.3. The Labute approximate surface area is 106 Å². The first-order chi connectivity index (χ1) is 8.02. The van der Waals surface area contributed by atoms with Crippen molar-refractivity contribution in [1.29, 1.82) is 0 Å². The number of aliphatic hydroxyl groups is 1. The van der Waals surface area contributed by atoms with E-state index in [0.717, 1.165) is 4.88 Å². The number of hydrogen-bond donors (Lipinski definition) is 4. The maximum atomic E-state index is 11.3. The van der Waals surface area contributed by atoms with Crippen molar-refractivity contribution in [3.05, 3.63) is 21.3 Å². The van der Waals surface area contributed by atoms with Crippen LogP contribution in [0.25, 0.3) is 0 Å². The van der Waals surface area contributed by atoms with Crippen LogP contribution >= 0.6 is 22.9 Å². The summed E-state index contributed by atoms with van der Waals surface area (Å²) in [4.78, 5) is 22.6. The van der Waals surface area contributed by atoms with Crippen LogP contribution in [0.3, 0.4) is 0 Å². The molecule has 6 nitrogen and oxygen atoms in total. The number of urea groups is 1. The molecule has 1 atom stereocenters. The summed E-state index contributed by atoms with van der Waals surface area (Å²) in [6, 6.07) is 1.50. The zero-order valence-electron chi connectivity index (χ0n) is 8.64. The van der Waals surface area contributed by atoms with Gasteiger partial charge in [0.1, 0.15) is 0 Å². The molecule has 0 saturated carbocycles. The summed E-state index contributed by atoms with van der Waals surface area (Å²) in [6.45, 7) is -0.408. The average Bonchev–Trinajstić information content (AvgIpc) is 2.68. The Bertz CT molecular complexity index is 409. The van der Waals surface area contributed by atoms with E-state index in [-0.39, 0.29) is 6.54 Å². The van der Waals surface area contributed by atoms with Crippen molar-refractivity contribution >= 4 is 34.9 Å². The Kier molecular flexibility index (Phi) is 5.20. The van der Waals surface area contributed by atoms with Crippen molar-refractivity contribution in [3.63, 3.8) is 0 Å². The summed E-state index contributed by atoms with van der Waals surface area (Å²) in [6.07, 6.45) is 0. The van der Waals surface area contributed by atoms with Crippen LogP contribution in [0.5, 0.6) is 0 Å². The molecule has 0 unspecified atom stereocenters. The van der Waals surface area contributed by atoms with E-state index in [1.807, 2.05) is 0 Å². The van der Waals surface area contributed by atoms with E-state index in [4.69, 9.17) is 21.8 Å². The summed E-state index contributed by atoms with van der Waals surface area (Å²) < 4.78 is 0.612. The number of carbonyl (C=O) groups excluding carboxylic acids is 1. The second kappa shape index (κ2) is 6.43. The predicted molar refractivity (Wildman–Crippen MR) is 63.2 cm³/mol. The predicted octanol–water partition coefficient (Wildman–Crippen LogP) is 0.646. The number of thiophene rings is 1. The fourth-order valence-corrected chi connectivity index (χ4v) is 2.04. The van der Waals surface area contributed by atoms with Crippen molar-refractivity contribution < 1.29 is 19.8 Å². The molecule has 0 aliphatic rings. The molecule has 2 amide bonds. The molecule has 1 aromatic heterocycles. The molecule has 1 aromatic rings. The number of hydrogen-bond acceptors (Lipinski definition) is 4. The highest BCUT2D eigenvalue weighted by Gasteiger charge is 2.18. The van der Waals surface area contributed by atoms with E-state index in [0.29, 0.717) is 4.34 Å². The van der Waals surface area contributed by atoms with Gasteiger partial charge in [-0.25, -0.2) is 9.59 Å². The van der Waals surface area contributed by atoms with E-state index in [9.17, 15) is 9.59 Å². The van der Waals surface area contributed by atoms with E-state index < -0.39 is 24.6 Å². The van der Waals surface area contributed by atoms with E-state index in [1.165, 1.54) is 11.3 Å².